The monoisotopic (exact) mass is 248 g/mol. The van der Waals surface area contributed by atoms with Crippen LogP contribution in [0, 0.1) is 0 Å². The third kappa shape index (κ3) is 1.98. The molecule has 1 aromatic carbocycles. The molecule has 0 radical (unpaired) electrons. The van der Waals surface area contributed by atoms with Gasteiger partial charge in [0.05, 0.1) is 13.2 Å². The number of Topliss-reactive ketones (excluding diaryl/α,β-unsaturated/α-hetero) is 2. The van der Waals surface area contributed by atoms with E-state index in [1.165, 1.54) is 0 Å². The molecule has 1 atom stereocenters. The largest absolute Gasteiger partial charge is 0.394 e. The molecule has 1 aliphatic carbocycles. The molecule has 0 amide bonds. The van der Waals surface area contributed by atoms with Crippen molar-refractivity contribution in [2.24, 2.45) is 0 Å². The number of fused-ring (bicyclic) bond motifs is 1. The van der Waals surface area contributed by atoms with Crippen LogP contribution in [-0.4, -0.2) is 35.5 Å². The van der Waals surface area contributed by atoms with Crippen LogP contribution in [0.15, 0.2) is 24.3 Å². The third-order valence-electron chi connectivity index (χ3n) is 3.37. The highest BCUT2D eigenvalue weighted by atomic mass is 16.5. The second-order valence-corrected chi connectivity index (χ2v) is 4.39. The number of benzene rings is 1. The number of carbonyl (C=O) groups excluding carboxylic acids is 2. The van der Waals surface area contributed by atoms with Gasteiger partial charge in [-0.05, 0) is 6.42 Å². The Morgan fingerprint density at radius 3 is 2.56 bits per heavy atom. The Kier molecular flexibility index (Phi) is 3.59. The standard InChI is InChI=1S/C14H16O4/c1-2-14(18-8-7-15)9-12(16)10-5-3-4-6-11(10)13(14)17/h3-6,15H,2,7-9H2,1H3. The molecule has 0 saturated carbocycles. The molecule has 0 fully saturated rings. The van der Waals surface area contributed by atoms with Crippen LogP contribution < -0.4 is 0 Å². The van der Waals surface area contributed by atoms with E-state index in [4.69, 9.17) is 9.84 Å². The maximum Gasteiger partial charge on any atom is 0.195 e. The van der Waals surface area contributed by atoms with E-state index in [9.17, 15) is 9.59 Å². The molecule has 1 unspecified atom stereocenters. The fourth-order valence-corrected chi connectivity index (χ4v) is 2.35. The molecule has 0 saturated heterocycles. The first-order valence-corrected chi connectivity index (χ1v) is 6.06. The van der Waals surface area contributed by atoms with Gasteiger partial charge in [0.1, 0.15) is 5.60 Å². The summed E-state index contributed by atoms with van der Waals surface area (Å²) >= 11 is 0. The van der Waals surface area contributed by atoms with Gasteiger partial charge in [0.15, 0.2) is 11.6 Å². The number of hydrogen-bond acceptors (Lipinski definition) is 4. The molecule has 1 aliphatic rings. The van der Waals surface area contributed by atoms with Crippen molar-refractivity contribution in [2.75, 3.05) is 13.2 Å². The summed E-state index contributed by atoms with van der Waals surface area (Å²) in [5.41, 5.74) is -0.207. The number of rotatable bonds is 4. The van der Waals surface area contributed by atoms with E-state index in [1.54, 1.807) is 24.3 Å². The molecule has 0 heterocycles. The van der Waals surface area contributed by atoms with Crippen molar-refractivity contribution in [3.63, 3.8) is 0 Å². The van der Waals surface area contributed by atoms with Crippen LogP contribution in [0.4, 0.5) is 0 Å². The zero-order valence-corrected chi connectivity index (χ0v) is 10.3. The molecule has 18 heavy (non-hydrogen) atoms. The summed E-state index contributed by atoms with van der Waals surface area (Å²) in [5.74, 6) is -0.237. The van der Waals surface area contributed by atoms with Crippen molar-refractivity contribution in [3.05, 3.63) is 35.4 Å². The first-order chi connectivity index (χ1) is 8.64. The van der Waals surface area contributed by atoms with Crippen molar-refractivity contribution in [1.29, 1.82) is 0 Å². The van der Waals surface area contributed by atoms with Gasteiger partial charge < -0.3 is 9.84 Å². The summed E-state index contributed by atoms with van der Waals surface area (Å²) < 4.78 is 5.49. The highest BCUT2D eigenvalue weighted by molar-refractivity contribution is 6.17. The molecule has 0 spiro atoms. The van der Waals surface area contributed by atoms with E-state index in [2.05, 4.69) is 0 Å². The molecule has 0 bridgehead atoms. The van der Waals surface area contributed by atoms with E-state index in [0.717, 1.165) is 0 Å². The van der Waals surface area contributed by atoms with Crippen molar-refractivity contribution < 1.29 is 19.4 Å². The number of aliphatic hydroxyl groups is 1. The SMILES string of the molecule is CCC1(OCCO)CC(=O)c2ccccc2C1=O. The highest BCUT2D eigenvalue weighted by Gasteiger charge is 2.45. The quantitative estimate of drug-likeness (QED) is 0.879. The predicted octanol–water partition coefficient (Wildman–Crippen LogP) is 1.61. The second-order valence-electron chi connectivity index (χ2n) is 4.39. The third-order valence-corrected chi connectivity index (χ3v) is 3.37. The number of aliphatic hydroxyl groups excluding tert-OH is 1. The van der Waals surface area contributed by atoms with Gasteiger partial charge in [0, 0.05) is 17.5 Å². The Hall–Kier alpha value is -1.52. The summed E-state index contributed by atoms with van der Waals surface area (Å²) in [7, 11) is 0. The van der Waals surface area contributed by atoms with Crippen LogP contribution >= 0.6 is 0 Å². The van der Waals surface area contributed by atoms with Crippen LogP contribution in [0.1, 0.15) is 40.5 Å². The summed E-state index contributed by atoms with van der Waals surface area (Å²) in [6, 6.07) is 6.81. The van der Waals surface area contributed by atoms with Crippen molar-refractivity contribution in [3.8, 4) is 0 Å². The highest BCUT2D eigenvalue weighted by Crippen LogP contribution is 2.33. The van der Waals surface area contributed by atoms with E-state index in [1.807, 2.05) is 6.92 Å². The zero-order chi connectivity index (χ0) is 13.2. The molecular formula is C14H16O4. The van der Waals surface area contributed by atoms with Gasteiger partial charge in [0.2, 0.25) is 0 Å². The first kappa shape index (κ1) is 12.9. The lowest BCUT2D eigenvalue weighted by atomic mass is 9.77. The summed E-state index contributed by atoms with van der Waals surface area (Å²) in [6.07, 6.45) is 0.477. The fraction of sp³-hybridized carbons (Fsp3) is 0.429. The van der Waals surface area contributed by atoms with Crippen molar-refractivity contribution in [2.45, 2.75) is 25.4 Å². The van der Waals surface area contributed by atoms with Crippen LogP contribution in [0.3, 0.4) is 0 Å². The lowest BCUT2D eigenvalue weighted by molar-refractivity contribution is -0.0420. The van der Waals surface area contributed by atoms with Crippen molar-refractivity contribution >= 4 is 11.6 Å². The van der Waals surface area contributed by atoms with E-state index in [-0.39, 0.29) is 31.2 Å². The summed E-state index contributed by atoms with van der Waals surface area (Å²) in [4.78, 5) is 24.5. The lowest BCUT2D eigenvalue weighted by Gasteiger charge is -2.34. The molecule has 1 N–H and O–H groups in total. The Bertz CT molecular complexity index is 480. The summed E-state index contributed by atoms with van der Waals surface area (Å²) in [5, 5.41) is 8.83. The lowest BCUT2D eigenvalue weighted by Crippen LogP contribution is -2.47. The molecular weight excluding hydrogens is 232 g/mol. The molecule has 4 heteroatoms. The first-order valence-electron chi connectivity index (χ1n) is 6.06. The molecule has 96 valence electrons. The second kappa shape index (κ2) is 5.00. The Morgan fingerprint density at radius 1 is 1.28 bits per heavy atom. The minimum Gasteiger partial charge on any atom is -0.394 e. The Morgan fingerprint density at radius 2 is 1.94 bits per heavy atom. The molecule has 1 aromatic rings. The molecule has 0 aliphatic heterocycles. The minimum atomic E-state index is -1.10. The van der Waals surface area contributed by atoms with Gasteiger partial charge in [-0.15, -0.1) is 0 Å². The van der Waals surface area contributed by atoms with E-state index in [0.29, 0.717) is 17.5 Å². The summed E-state index contributed by atoms with van der Waals surface area (Å²) in [6.45, 7) is 1.72. The molecule has 2 rings (SSSR count). The number of ketones is 2. The molecule has 0 aromatic heterocycles. The number of ether oxygens (including phenoxy) is 1. The maximum atomic E-state index is 12.5. The number of carbonyl (C=O) groups is 2. The zero-order valence-electron chi connectivity index (χ0n) is 10.3. The van der Waals surface area contributed by atoms with Gasteiger partial charge in [-0.2, -0.15) is 0 Å². The van der Waals surface area contributed by atoms with E-state index >= 15 is 0 Å². The maximum absolute atomic E-state index is 12.5. The average molecular weight is 248 g/mol. The van der Waals surface area contributed by atoms with Crippen LogP contribution in [-0.2, 0) is 4.74 Å². The molecule has 4 nitrogen and oxygen atoms in total. The van der Waals surface area contributed by atoms with Crippen LogP contribution in [0.25, 0.3) is 0 Å². The minimum absolute atomic E-state index is 0.0549. The van der Waals surface area contributed by atoms with Crippen LogP contribution in [0.2, 0.25) is 0 Å². The van der Waals surface area contributed by atoms with Gasteiger partial charge in [-0.3, -0.25) is 9.59 Å². The van der Waals surface area contributed by atoms with Gasteiger partial charge >= 0.3 is 0 Å². The number of hydrogen-bond donors (Lipinski definition) is 1. The smallest absolute Gasteiger partial charge is 0.195 e. The topological polar surface area (TPSA) is 63.6 Å². The fourth-order valence-electron chi connectivity index (χ4n) is 2.35. The van der Waals surface area contributed by atoms with Gasteiger partial charge in [-0.25, -0.2) is 0 Å². The normalized spacial score (nSPS) is 23.0. The van der Waals surface area contributed by atoms with Gasteiger partial charge in [-0.1, -0.05) is 31.2 Å². The average Bonchev–Trinajstić information content (AvgIpc) is 2.41. The van der Waals surface area contributed by atoms with Crippen molar-refractivity contribution in [1.82, 2.24) is 0 Å². The van der Waals surface area contributed by atoms with Crippen LogP contribution in [0.5, 0.6) is 0 Å². The predicted molar refractivity (Wildman–Crippen MR) is 65.8 cm³/mol. The van der Waals surface area contributed by atoms with E-state index < -0.39 is 5.60 Å². The van der Waals surface area contributed by atoms with Gasteiger partial charge in [0.25, 0.3) is 0 Å². The Labute approximate surface area is 106 Å². The Balaban J connectivity index is 2.43.